The average molecular weight is 224 g/mol. The highest BCUT2D eigenvalue weighted by atomic mass is 35.5. The second-order valence-corrected chi connectivity index (χ2v) is 2.93. The highest BCUT2D eigenvalue weighted by Crippen LogP contribution is 2.24. The number of carbonyl (C=O) groups is 1. The maximum atomic E-state index is 12.9. The Morgan fingerprint density at radius 3 is 2.57 bits per heavy atom. The van der Waals surface area contributed by atoms with E-state index in [1.165, 1.54) is 0 Å². The summed E-state index contributed by atoms with van der Waals surface area (Å²) in [6.45, 7) is 1.16. The van der Waals surface area contributed by atoms with Crippen molar-refractivity contribution in [1.29, 1.82) is 0 Å². The standard InChI is InChI=1S/C8H5ClF3NO/c1-3-4(7(10)11)2-5(6(9)14)13-8(3)12/h2,7H,1H3. The molecule has 14 heavy (non-hydrogen) atoms. The molecule has 1 aromatic heterocycles. The number of nitrogens with zero attached hydrogens (tertiary/aromatic N) is 1. The van der Waals surface area contributed by atoms with Crippen molar-refractivity contribution in [3.63, 3.8) is 0 Å². The topological polar surface area (TPSA) is 30.0 Å². The van der Waals surface area contributed by atoms with Crippen molar-refractivity contribution in [3.05, 3.63) is 28.8 Å². The molecule has 1 rings (SSSR count). The minimum atomic E-state index is -2.86. The minimum Gasteiger partial charge on any atom is -0.274 e. The first-order chi connectivity index (χ1) is 6.43. The summed E-state index contributed by atoms with van der Waals surface area (Å²) in [6.07, 6.45) is -2.86. The van der Waals surface area contributed by atoms with Gasteiger partial charge in [-0.25, -0.2) is 13.8 Å². The number of alkyl halides is 2. The summed E-state index contributed by atoms with van der Waals surface area (Å²) in [4.78, 5) is 13.7. The lowest BCUT2D eigenvalue weighted by Crippen LogP contribution is -2.03. The summed E-state index contributed by atoms with van der Waals surface area (Å²) in [5.41, 5.74) is -1.35. The number of hydrogen-bond donors (Lipinski definition) is 0. The van der Waals surface area contributed by atoms with Gasteiger partial charge in [-0.3, -0.25) is 4.79 Å². The van der Waals surface area contributed by atoms with Gasteiger partial charge >= 0.3 is 0 Å². The third kappa shape index (κ3) is 2.04. The number of pyridine rings is 1. The van der Waals surface area contributed by atoms with Gasteiger partial charge in [0.05, 0.1) is 0 Å². The van der Waals surface area contributed by atoms with Crippen LogP contribution in [0.5, 0.6) is 0 Å². The Morgan fingerprint density at radius 2 is 2.14 bits per heavy atom. The maximum Gasteiger partial charge on any atom is 0.270 e. The van der Waals surface area contributed by atoms with Crippen molar-refractivity contribution in [2.45, 2.75) is 13.3 Å². The molecule has 0 amide bonds. The van der Waals surface area contributed by atoms with Crippen LogP contribution in [0, 0.1) is 12.9 Å². The van der Waals surface area contributed by atoms with E-state index in [9.17, 15) is 18.0 Å². The van der Waals surface area contributed by atoms with E-state index >= 15 is 0 Å². The Balaban J connectivity index is 3.35. The molecule has 0 aliphatic rings. The molecule has 0 atom stereocenters. The summed E-state index contributed by atoms with van der Waals surface area (Å²) in [5.74, 6) is -1.10. The van der Waals surface area contributed by atoms with Gasteiger partial charge in [-0.2, -0.15) is 4.39 Å². The van der Waals surface area contributed by atoms with Gasteiger partial charge in [-0.05, 0) is 24.6 Å². The Hall–Kier alpha value is -1.10. The van der Waals surface area contributed by atoms with Crippen LogP contribution in [0.2, 0.25) is 0 Å². The van der Waals surface area contributed by atoms with Gasteiger partial charge in [-0.15, -0.1) is 0 Å². The van der Waals surface area contributed by atoms with Gasteiger partial charge in [0.25, 0.3) is 11.7 Å². The summed E-state index contributed by atoms with van der Waals surface area (Å²) < 4.78 is 37.5. The second-order valence-electron chi connectivity index (χ2n) is 2.59. The zero-order valence-corrected chi connectivity index (χ0v) is 7.78. The van der Waals surface area contributed by atoms with Crippen LogP contribution in [0.4, 0.5) is 13.2 Å². The molecule has 0 fully saturated rings. The van der Waals surface area contributed by atoms with Crippen LogP contribution in [0.25, 0.3) is 0 Å². The zero-order valence-electron chi connectivity index (χ0n) is 7.02. The Bertz CT molecular complexity index is 381. The fraction of sp³-hybridized carbons (Fsp3) is 0.250. The summed E-state index contributed by atoms with van der Waals surface area (Å²) in [6, 6.07) is 0.790. The molecule has 0 unspecified atom stereocenters. The lowest BCUT2D eigenvalue weighted by atomic mass is 10.1. The molecule has 0 aromatic carbocycles. The molecule has 1 aromatic rings. The molecule has 0 aliphatic heterocycles. The van der Waals surface area contributed by atoms with Gasteiger partial charge in [0, 0.05) is 11.1 Å². The maximum absolute atomic E-state index is 12.9. The molecule has 2 nitrogen and oxygen atoms in total. The number of halogens is 4. The molecular formula is C8H5ClF3NO. The Morgan fingerprint density at radius 1 is 1.57 bits per heavy atom. The van der Waals surface area contributed by atoms with Crippen molar-refractivity contribution in [2.75, 3.05) is 0 Å². The second kappa shape index (κ2) is 3.96. The van der Waals surface area contributed by atoms with Gasteiger partial charge in [0.2, 0.25) is 5.95 Å². The highest BCUT2D eigenvalue weighted by Gasteiger charge is 2.18. The number of carbonyl (C=O) groups excluding carboxylic acids is 1. The van der Waals surface area contributed by atoms with Crippen LogP contribution in [0.1, 0.15) is 28.0 Å². The van der Waals surface area contributed by atoms with Crippen molar-refractivity contribution in [1.82, 2.24) is 4.98 Å². The lowest BCUT2D eigenvalue weighted by molar-refractivity contribution is 0.107. The van der Waals surface area contributed by atoms with Gasteiger partial charge in [0.15, 0.2) is 0 Å². The van der Waals surface area contributed by atoms with E-state index in [4.69, 9.17) is 11.6 Å². The van der Waals surface area contributed by atoms with Crippen LogP contribution in [-0.4, -0.2) is 10.2 Å². The molecule has 1 heterocycles. The minimum absolute atomic E-state index is 0.276. The van der Waals surface area contributed by atoms with E-state index in [0.717, 1.165) is 13.0 Å². The van der Waals surface area contributed by atoms with Crippen LogP contribution < -0.4 is 0 Å². The lowest BCUT2D eigenvalue weighted by Gasteiger charge is -2.05. The SMILES string of the molecule is Cc1c(C(F)F)cc(C(=O)Cl)nc1F. The molecule has 0 N–H and O–H groups in total. The molecule has 0 saturated carbocycles. The highest BCUT2D eigenvalue weighted by molar-refractivity contribution is 6.67. The molecule has 0 radical (unpaired) electrons. The van der Waals surface area contributed by atoms with Crippen molar-refractivity contribution in [2.24, 2.45) is 0 Å². The summed E-state index contributed by atoms with van der Waals surface area (Å²) >= 11 is 4.99. The molecule has 76 valence electrons. The molecular weight excluding hydrogens is 219 g/mol. The first-order valence-corrected chi connectivity index (χ1v) is 3.96. The summed E-state index contributed by atoms with van der Waals surface area (Å²) in [7, 11) is 0. The Kier molecular flexibility index (Phi) is 3.10. The number of rotatable bonds is 2. The zero-order chi connectivity index (χ0) is 10.9. The van der Waals surface area contributed by atoms with Gasteiger partial charge < -0.3 is 0 Å². The van der Waals surface area contributed by atoms with Crippen LogP contribution >= 0.6 is 11.6 Å². The van der Waals surface area contributed by atoms with Gasteiger partial charge in [0.1, 0.15) is 5.69 Å². The molecule has 0 saturated heterocycles. The van der Waals surface area contributed by atoms with Crippen LogP contribution in [0.15, 0.2) is 6.07 Å². The van der Waals surface area contributed by atoms with Crippen molar-refractivity contribution < 1.29 is 18.0 Å². The predicted octanol–water partition coefficient (Wildman–Crippen LogP) is 2.85. The normalized spacial score (nSPS) is 10.7. The first kappa shape index (κ1) is 11.0. The van der Waals surface area contributed by atoms with E-state index in [-0.39, 0.29) is 5.56 Å². The molecule has 6 heteroatoms. The van der Waals surface area contributed by atoms with E-state index < -0.39 is 28.9 Å². The third-order valence-corrected chi connectivity index (χ3v) is 1.88. The van der Waals surface area contributed by atoms with E-state index in [1.54, 1.807) is 0 Å². The first-order valence-electron chi connectivity index (χ1n) is 3.58. The third-order valence-electron chi connectivity index (χ3n) is 1.69. The number of aromatic nitrogens is 1. The fourth-order valence-corrected chi connectivity index (χ4v) is 1.02. The largest absolute Gasteiger partial charge is 0.274 e. The predicted molar refractivity (Wildman–Crippen MR) is 44.1 cm³/mol. The van der Waals surface area contributed by atoms with Crippen molar-refractivity contribution >= 4 is 16.8 Å². The monoisotopic (exact) mass is 223 g/mol. The van der Waals surface area contributed by atoms with E-state index in [0.29, 0.717) is 0 Å². The van der Waals surface area contributed by atoms with E-state index in [2.05, 4.69) is 4.98 Å². The number of hydrogen-bond acceptors (Lipinski definition) is 2. The van der Waals surface area contributed by atoms with Crippen LogP contribution in [0.3, 0.4) is 0 Å². The fourth-order valence-electron chi connectivity index (χ4n) is 0.924. The molecule has 0 bridgehead atoms. The Labute approximate surface area is 82.7 Å². The smallest absolute Gasteiger partial charge is 0.270 e. The van der Waals surface area contributed by atoms with Crippen LogP contribution in [-0.2, 0) is 0 Å². The van der Waals surface area contributed by atoms with Crippen molar-refractivity contribution in [3.8, 4) is 0 Å². The summed E-state index contributed by atoms with van der Waals surface area (Å²) in [5, 5.41) is -1.06. The van der Waals surface area contributed by atoms with E-state index in [1.807, 2.05) is 0 Å². The molecule has 0 spiro atoms. The van der Waals surface area contributed by atoms with Gasteiger partial charge in [-0.1, -0.05) is 0 Å². The average Bonchev–Trinajstić information content (AvgIpc) is 2.08. The molecule has 0 aliphatic carbocycles. The quantitative estimate of drug-likeness (QED) is 0.570.